The van der Waals surface area contributed by atoms with Crippen LogP contribution >= 0.6 is 23.1 Å². The minimum Gasteiger partial charge on any atom is -0.327 e. The number of benzene rings is 2. The van der Waals surface area contributed by atoms with Gasteiger partial charge in [0.05, 0.1) is 16.5 Å². The van der Waals surface area contributed by atoms with E-state index in [0.717, 1.165) is 38.2 Å². The highest BCUT2D eigenvalue weighted by molar-refractivity contribution is 8.00. The second-order valence-corrected chi connectivity index (χ2v) is 10.0. The summed E-state index contributed by atoms with van der Waals surface area (Å²) in [4.78, 5) is 23.4. The standard InChI is InChI=1S/C24H22N6OS2/c1-4-18(22(31)27-23-25-19(14(2)32-23)15-10-6-5-7-11-15)33-24-26-21-20(28-29-24)16-12-8-9-13-17(16)30(21)3/h5-13,18H,4H2,1-3H3,(H,25,27,31). The number of rotatable bonds is 6. The molecule has 0 fully saturated rings. The van der Waals surface area contributed by atoms with Crippen molar-refractivity contribution < 1.29 is 4.79 Å². The average Bonchev–Trinajstić information content (AvgIpc) is 3.35. The van der Waals surface area contributed by atoms with E-state index in [-0.39, 0.29) is 11.2 Å². The zero-order chi connectivity index (χ0) is 22.9. The maximum Gasteiger partial charge on any atom is 0.239 e. The van der Waals surface area contributed by atoms with Gasteiger partial charge in [0.2, 0.25) is 11.1 Å². The van der Waals surface area contributed by atoms with E-state index in [1.807, 2.05) is 80.1 Å². The Morgan fingerprint density at radius 3 is 2.64 bits per heavy atom. The summed E-state index contributed by atoms with van der Waals surface area (Å²) in [6, 6.07) is 18.0. The van der Waals surface area contributed by atoms with Crippen LogP contribution in [0.4, 0.5) is 5.13 Å². The Kier molecular flexibility index (Phi) is 5.82. The van der Waals surface area contributed by atoms with Crippen molar-refractivity contribution in [2.24, 2.45) is 7.05 Å². The second kappa shape index (κ2) is 8.92. The first-order valence-electron chi connectivity index (χ1n) is 10.6. The molecule has 2 aromatic carbocycles. The third kappa shape index (κ3) is 4.09. The molecule has 0 spiro atoms. The lowest BCUT2D eigenvalue weighted by Crippen LogP contribution is -2.24. The van der Waals surface area contributed by atoms with Crippen molar-refractivity contribution in [1.29, 1.82) is 0 Å². The Morgan fingerprint density at radius 2 is 1.85 bits per heavy atom. The normalized spacial score (nSPS) is 12.3. The Morgan fingerprint density at radius 1 is 1.09 bits per heavy atom. The summed E-state index contributed by atoms with van der Waals surface area (Å²) in [5.41, 5.74) is 4.50. The molecule has 0 aliphatic rings. The van der Waals surface area contributed by atoms with Gasteiger partial charge in [0, 0.05) is 22.9 Å². The van der Waals surface area contributed by atoms with Crippen LogP contribution in [0.2, 0.25) is 0 Å². The number of aromatic nitrogens is 5. The van der Waals surface area contributed by atoms with Crippen LogP contribution in [0.15, 0.2) is 59.8 Å². The molecule has 3 aromatic heterocycles. The first-order chi connectivity index (χ1) is 16.0. The number of aryl methyl sites for hydroxylation is 2. The van der Waals surface area contributed by atoms with Gasteiger partial charge in [0.15, 0.2) is 10.8 Å². The topological polar surface area (TPSA) is 85.6 Å². The predicted molar refractivity (Wildman–Crippen MR) is 135 cm³/mol. The van der Waals surface area contributed by atoms with E-state index < -0.39 is 0 Å². The quantitative estimate of drug-likeness (QED) is 0.329. The Balaban J connectivity index is 1.36. The van der Waals surface area contributed by atoms with Crippen LogP contribution in [-0.4, -0.2) is 35.9 Å². The number of thioether (sulfide) groups is 1. The highest BCUT2D eigenvalue weighted by Gasteiger charge is 2.23. The number of carbonyl (C=O) groups is 1. The second-order valence-electron chi connectivity index (χ2n) is 7.64. The van der Waals surface area contributed by atoms with Crippen molar-refractivity contribution in [2.75, 3.05) is 5.32 Å². The van der Waals surface area contributed by atoms with Gasteiger partial charge >= 0.3 is 0 Å². The highest BCUT2D eigenvalue weighted by atomic mass is 32.2. The van der Waals surface area contributed by atoms with Crippen molar-refractivity contribution in [3.63, 3.8) is 0 Å². The number of amides is 1. The molecule has 7 nitrogen and oxygen atoms in total. The van der Waals surface area contributed by atoms with Gasteiger partial charge < -0.3 is 9.88 Å². The molecule has 1 unspecified atom stereocenters. The van der Waals surface area contributed by atoms with E-state index in [0.29, 0.717) is 16.7 Å². The molecule has 166 valence electrons. The molecule has 5 aromatic rings. The van der Waals surface area contributed by atoms with E-state index >= 15 is 0 Å². The number of thiazole rings is 1. The molecule has 1 amide bonds. The van der Waals surface area contributed by atoms with Crippen LogP contribution < -0.4 is 5.32 Å². The minimum atomic E-state index is -0.358. The van der Waals surface area contributed by atoms with Gasteiger partial charge in [-0.05, 0) is 19.4 Å². The van der Waals surface area contributed by atoms with E-state index in [1.54, 1.807) is 0 Å². The van der Waals surface area contributed by atoms with E-state index in [9.17, 15) is 4.79 Å². The van der Waals surface area contributed by atoms with Crippen LogP contribution in [0, 0.1) is 6.92 Å². The number of nitrogens with one attached hydrogen (secondary N) is 1. The molecule has 0 aliphatic heterocycles. The summed E-state index contributed by atoms with van der Waals surface area (Å²) in [5, 5.41) is 13.4. The lowest BCUT2D eigenvalue weighted by atomic mass is 10.1. The van der Waals surface area contributed by atoms with Crippen LogP contribution in [0.25, 0.3) is 33.3 Å². The maximum absolute atomic E-state index is 13.0. The molecule has 3 heterocycles. The van der Waals surface area contributed by atoms with Crippen molar-refractivity contribution in [2.45, 2.75) is 30.7 Å². The molecular weight excluding hydrogens is 452 g/mol. The van der Waals surface area contributed by atoms with Crippen LogP contribution in [-0.2, 0) is 11.8 Å². The Hall–Kier alpha value is -3.30. The summed E-state index contributed by atoms with van der Waals surface area (Å²) < 4.78 is 2.01. The molecular formula is C24H22N6OS2. The van der Waals surface area contributed by atoms with Gasteiger partial charge in [-0.3, -0.25) is 4.79 Å². The first kappa shape index (κ1) is 21.5. The summed E-state index contributed by atoms with van der Waals surface area (Å²) >= 11 is 2.80. The van der Waals surface area contributed by atoms with Crippen molar-refractivity contribution in [3.05, 3.63) is 59.5 Å². The molecule has 9 heteroatoms. The van der Waals surface area contributed by atoms with Crippen molar-refractivity contribution >= 4 is 56.2 Å². The monoisotopic (exact) mass is 474 g/mol. The highest BCUT2D eigenvalue weighted by Crippen LogP contribution is 2.32. The summed E-state index contributed by atoms with van der Waals surface area (Å²) in [7, 11) is 1.97. The van der Waals surface area contributed by atoms with E-state index in [1.165, 1.54) is 23.1 Å². The van der Waals surface area contributed by atoms with Gasteiger partial charge in [-0.1, -0.05) is 67.2 Å². The number of hydrogen-bond acceptors (Lipinski definition) is 7. The molecule has 33 heavy (non-hydrogen) atoms. The maximum atomic E-state index is 13.0. The number of fused-ring (bicyclic) bond motifs is 3. The van der Waals surface area contributed by atoms with Crippen LogP contribution in [0.3, 0.4) is 0 Å². The van der Waals surface area contributed by atoms with Crippen molar-refractivity contribution in [3.8, 4) is 11.3 Å². The fourth-order valence-corrected chi connectivity index (χ4v) is 5.44. The van der Waals surface area contributed by atoms with E-state index in [4.69, 9.17) is 4.98 Å². The largest absolute Gasteiger partial charge is 0.327 e. The molecule has 1 atom stereocenters. The van der Waals surface area contributed by atoms with Crippen LogP contribution in [0.5, 0.6) is 0 Å². The van der Waals surface area contributed by atoms with Crippen LogP contribution in [0.1, 0.15) is 18.2 Å². The van der Waals surface area contributed by atoms with Gasteiger partial charge in [0.25, 0.3) is 0 Å². The zero-order valence-corrected chi connectivity index (χ0v) is 20.1. The molecule has 0 radical (unpaired) electrons. The van der Waals surface area contributed by atoms with Crippen molar-refractivity contribution in [1.82, 2.24) is 24.7 Å². The fraction of sp³-hybridized carbons (Fsp3) is 0.208. The van der Waals surface area contributed by atoms with Gasteiger partial charge in [-0.25, -0.2) is 9.97 Å². The molecule has 5 rings (SSSR count). The lowest BCUT2D eigenvalue weighted by molar-refractivity contribution is -0.115. The van der Waals surface area contributed by atoms with Gasteiger partial charge in [0.1, 0.15) is 5.52 Å². The number of carbonyl (C=O) groups excluding carboxylic acids is 1. The number of para-hydroxylation sites is 1. The predicted octanol–water partition coefficient (Wildman–Crippen LogP) is 5.46. The van der Waals surface area contributed by atoms with Gasteiger partial charge in [-0.2, -0.15) is 0 Å². The molecule has 0 bridgehead atoms. The molecule has 0 saturated carbocycles. The SMILES string of the molecule is CCC(Sc1nnc2c3ccccc3n(C)c2n1)C(=O)Nc1nc(-c2ccccc2)c(C)s1. The number of nitrogens with zero attached hydrogens (tertiary/aromatic N) is 5. The first-order valence-corrected chi connectivity index (χ1v) is 12.3. The van der Waals surface area contributed by atoms with E-state index in [2.05, 4.69) is 20.5 Å². The molecule has 1 N–H and O–H groups in total. The smallest absolute Gasteiger partial charge is 0.239 e. The molecule has 0 saturated heterocycles. The van der Waals surface area contributed by atoms with Gasteiger partial charge in [-0.15, -0.1) is 21.5 Å². The Bertz CT molecular complexity index is 1460. The third-order valence-corrected chi connectivity index (χ3v) is 7.57. The summed E-state index contributed by atoms with van der Waals surface area (Å²) in [6.45, 7) is 3.99. The molecule has 0 aliphatic carbocycles. The lowest BCUT2D eigenvalue weighted by Gasteiger charge is -2.12. The Labute approximate surface area is 199 Å². The fourth-order valence-electron chi connectivity index (χ4n) is 3.79. The summed E-state index contributed by atoms with van der Waals surface area (Å²) in [6.07, 6.45) is 0.628. The minimum absolute atomic E-state index is 0.114. The third-order valence-electron chi connectivity index (χ3n) is 5.47. The number of hydrogen-bond donors (Lipinski definition) is 1. The average molecular weight is 475 g/mol. The number of anilines is 1. The summed E-state index contributed by atoms with van der Waals surface area (Å²) in [5.74, 6) is -0.114. The zero-order valence-electron chi connectivity index (χ0n) is 18.4.